The Morgan fingerprint density at radius 2 is 1.77 bits per heavy atom. The van der Waals surface area contributed by atoms with E-state index in [-0.39, 0.29) is 12.5 Å². The van der Waals surface area contributed by atoms with Crippen LogP contribution in [-0.4, -0.2) is 22.5 Å². The van der Waals surface area contributed by atoms with E-state index in [0.29, 0.717) is 22.0 Å². The highest BCUT2D eigenvalue weighted by Gasteiger charge is 2.17. The van der Waals surface area contributed by atoms with Crippen molar-refractivity contribution in [2.75, 3.05) is 17.3 Å². The Hall–Kier alpha value is -3.64. The molecule has 1 amide bonds. The van der Waals surface area contributed by atoms with Crippen molar-refractivity contribution in [3.8, 4) is 0 Å². The highest BCUT2D eigenvalue weighted by atomic mass is 35.5. The van der Waals surface area contributed by atoms with Crippen molar-refractivity contribution in [3.63, 3.8) is 0 Å². The quantitative estimate of drug-likeness (QED) is 0.493. The van der Waals surface area contributed by atoms with Gasteiger partial charge in [-0.1, -0.05) is 48.0 Å². The predicted molar refractivity (Wildman–Crippen MR) is 125 cm³/mol. The third-order valence-electron chi connectivity index (χ3n) is 5.03. The van der Waals surface area contributed by atoms with Crippen molar-refractivity contribution in [1.29, 1.82) is 0 Å². The summed E-state index contributed by atoms with van der Waals surface area (Å²) in [5, 5.41) is 3.99. The Morgan fingerprint density at radius 3 is 2.52 bits per heavy atom. The molecule has 0 unspecified atom stereocenters. The molecule has 0 aliphatic rings. The number of para-hydroxylation sites is 2. The second kappa shape index (κ2) is 8.62. The Kier molecular flexibility index (Phi) is 5.73. The summed E-state index contributed by atoms with van der Waals surface area (Å²) in [7, 11) is 1.86. The third-order valence-corrected chi connectivity index (χ3v) is 5.34. The Morgan fingerprint density at radius 1 is 1.06 bits per heavy atom. The van der Waals surface area contributed by atoms with Crippen LogP contribution in [-0.2, 0) is 11.3 Å². The van der Waals surface area contributed by atoms with E-state index in [4.69, 9.17) is 11.6 Å². The summed E-state index contributed by atoms with van der Waals surface area (Å²) in [6.45, 7) is 1.74. The lowest BCUT2D eigenvalue weighted by Gasteiger charge is -2.21. The molecule has 4 aromatic rings. The molecule has 1 aromatic heterocycles. The van der Waals surface area contributed by atoms with Crippen molar-refractivity contribution >= 4 is 45.6 Å². The molecule has 0 fully saturated rings. The topological polar surface area (TPSA) is 67.2 Å². The molecular weight excluding hydrogens is 412 g/mol. The zero-order chi connectivity index (χ0) is 22.0. The van der Waals surface area contributed by atoms with E-state index >= 15 is 0 Å². The molecule has 1 heterocycles. The lowest BCUT2D eigenvalue weighted by molar-refractivity contribution is -0.116. The average Bonchev–Trinajstić information content (AvgIpc) is 2.77. The molecule has 0 spiro atoms. The molecule has 4 rings (SSSR count). The van der Waals surface area contributed by atoms with Crippen LogP contribution < -0.4 is 15.9 Å². The van der Waals surface area contributed by atoms with Gasteiger partial charge in [-0.25, -0.2) is 4.79 Å². The van der Waals surface area contributed by atoms with E-state index in [1.165, 1.54) is 4.57 Å². The maximum Gasteiger partial charge on any atom is 0.350 e. The van der Waals surface area contributed by atoms with E-state index in [0.717, 1.165) is 16.6 Å². The zero-order valence-corrected chi connectivity index (χ0v) is 17.9. The summed E-state index contributed by atoms with van der Waals surface area (Å²) in [4.78, 5) is 31.8. The van der Waals surface area contributed by atoms with E-state index in [2.05, 4.69) is 10.3 Å². The fraction of sp³-hybridized carbons (Fsp3) is 0.125. The van der Waals surface area contributed by atoms with Gasteiger partial charge in [0.1, 0.15) is 12.4 Å². The number of carbonyl (C=O) groups is 1. The van der Waals surface area contributed by atoms with Gasteiger partial charge in [-0.15, -0.1) is 0 Å². The first-order valence-electron chi connectivity index (χ1n) is 9.78. The van der Waals surface area contributed by atoms with Gasteiger partial charge >= 0.3 is 5.69 Å². The van der Waals surface area contributed by atoms with Crippen LogP contribution in [0.4, 0.5) is 17.2 Å². The molecule has 0 saturated heterocycles. The van der Waals surface area contributed by atoms with Gasteiger partial charge in [0.05, 0.1) is 16.2 Å². The van der Waals surface area contributed by atoms with Gasteiger partial charge in [0.15, 0.2) is 0 Å². The van der Waals surface area contributed by atoms with Gasteiger partial charge < -0.3 is 10.2 Å². The molecule has 0 saturated carbocycles. The van der Waals surface area contributed by atoms with Crippen LogP contribution in [0.5, 0.6) is 0 Å². The van der Waals surface area contributed by atoms with Crippen molar-refractivity contribution in [1.82, 2.24) is 9.55 Å². The van der Waals surface area contributed by atoms with Crippen LogP contribution in [0, 0.1) is 6.92 Å². The van der Waals surface area contributed by atoms with Crippen molar-refractivity contribution < 1.29 is 4.79 Å². The number of aryl methyl sites for hydroxylation is 1. The molecule has 6 nitrogen and oxygen atoms in total. The molecule has 0 aliphatic carbocycles. The van der Waals surface area contributed by atoms with Crippen molar-refractivity contribution in [2.24, 2.45) is 0 Å². The molecule has 0 radical (unpaired) electrons. The summed E-state index contributed by atoms with van der Waals surface area (Å²) in [5.41, 5.74) is 2.53. The highest BCUT2D eigenvalue weighted by Crippen LogP contribution is 2.28. The van der Waals surface area contributed by atoms with Gasteiger partial charge in [-0.3, -0.25) is 9.36 Å². The van der Waals surface area contributed by atoms with E-state index in [9.17, 15) is 9.59 Å². The fourth-order valence-corrected chi connectivity index (χ4v) is 3.73. The number of aromatic nitrogens is 2. The maximum absolute atomic E-state index is 12.9. The summed E-state index contributed by atoms with van der Waals surface area (Å²) in [5.74, 6) is 0.175. The van der Waals surface area contributed by atoms with Crippen LogP contribution in [0.3, 0.4) is 0 Å². The number of amides is 1. The smallest absolute Gasteiger partial charge is 0.329 e. The number of nitrogens with one attached hydrogen (secondary N) is 1. The minimum Gasteiger partial charge on any atom is -0.329 e. The second-order valence-electron chi connectivity index (χ2n) is 7.25. The fourth-order valence-electron chi connectivity index (χ4n) is 3.45. The van der Waals surface area contributed by atoms with Crippen LogP contribution >= 0.6 is 11.6 Å². The minimum absolute atomic E-state index is 0.175. The zero-order valence-electron chi connectivity index (χ0n) is 17.2. The summed E-state index contributed by atoms with van der Waals surface area (Å²) in [6.07, 6.45) is 0. The third kappa shape index (κ3) is 4.29. The monoisotopic (exact) mass is 432 g/mol. The van der Waals surface area contributed by atoms with Crippen molar-refractivity contribution in [3.05, 3.63) is 93.9 Å². The lowest BCUT2D eigenvalue weighted by Crippen LogP contribution is -2.31. The predicted octanol–water partition coefficient (Wildman–Crippen LogP) is 4.76. The molecule has 0 atom stereocenters. The molecule has 3 aromatic carbocycles. The van der Waals surface area contributed by atoms with Crippen molar-refractivity contribution in [2.45, 2.75) is 13.5 Å². The first kappa shape index (κ1) is 20.6. The van der Waals surface area contributed by atoms with Gasteiger partial charge in [0.25, 0.3) is 0 Å². The molecule has 0 bridgehead atoms. The van der Waals surface area contributed by atoms with E-state index in [1.807, 2.05) is 79.5 Å². The Balaban J connectivity index is 1.70. The van der Waals surface area contributed by atoms with Crippen LogP contribution in [0.2, 0.25) is 5.02 Å². The molecule has 0 aliphatic heterocycles. The summed E-state index contributed by atoms with van der Waals surface area (Å²) >= 11 is 6.22. The molecule has 7 heteroatoms. The number of carbonyl (C=O) groups excluding carboxylic acids is 1. The molecule has 156 valence electrons. The number of hydrogen-bond acceptors (Lipinski definition) is 4. The average molecular weight is 433 g/mol. The number of hydrogen-bond donors (Lipinski definition) is 1. The molecular formula is C24H21ClN4O2. The summed E-state index contributed by atoms with van der Waals surface area (Å²) < 4.78 is 1.37. The number of benzene rings is 3. The number of rotatable bonds is 5. The maximum atomic E-state index is 12.9. The van der Waals surface area contributed by atoms with Crippen LogP contribution in [0.25, 0.3) is 10.9 Å². The van der Waals surface area contributed by atoms with Gasteiger partial charge in [-0.05, 0) is 48.9 Å². The number of nitrogens with zero attached hydrogens (tertiary/aromatic N) is 3. The van der Waals surface area contributed by atoms with Gasteiger partial charge in [0, 0.05) is 18.1 Å². The van der Waals surface area contributed by atoms with Crippen LogP contribution in [0.15, 0.2) is 77.6 Å². The highest BCUT2D eigenvalue weighted by molar-refractivity contribution is 6.33. The molecule has 1 N–H and O–H groups in total. The number of halogens is 1. The lowest BCUT2D eigenvalue weighted by atomic mass is 10.2. The second-order valence-corrected chi connectivity index (χ2v) is 7.65. The van der Waals surface area contributed by atoms with Gasteiger partial charge in [0.2, 0.25) is 5.91 Å². The largest absolute Gasteiger partial charge is 0.350 e. The normalized spacial score (nSPS) is 10.8. The summed E-state index contributed by atoms with van der Waals surface area (Å²) in [6, 6.07) is 22.5. The first-order chi connectivity index (χ1) is 14.9. The number of anilines is 3. The molecule has 31 heavy (non-hydrogen) atoms. The number of fused-ring (bicyclic) bond motifs is 1. The first-order valence-corrected chi connectivity index (χ1v) is 10.2. The van der Waals surface area contributed by atoms with E-state index in [1.54, 1.807) is 12.1 Å². The Labute approximate surface area is 184 Å². The SMILES string of the molecule is Cc1ccc(NC(=O)Cn2c(=O)nc(N(C)c3ccccc3)c3ccccc32)c(Cl)c1. The van der Waals surface area contributed by atoms with E-state index < -0.39 is 5.69 Å². The standard InChI is InChI=1S/C24H21ClN4O2/c1-16-12-13-20(19(25)14-16)26-22(30)15-29-21-11-7-6-10-18(21)23(27-24(29)31)28(2)17-8-4-3-5-9-17/h3-14H,15H2,1-2H3,(H,26,30). The Bertz CT molecular complexity index is 1320. The van der Waals surface area contributed by atoms with Gasteiger partial charge in [-0.2, -0.15) is 4.98 Å². The minimum atomic E-state index is -0.498. The van der Waals surface area contributed by atoms with Crippen LogP contribution in [0.1, 0.15) is 5.56 Å².